The van der Waals surface area contributed by atoms with Gasteiger partial charge in [0.15, 0.2) is 0 Å². The number of aryl methyl sites for hydroxylation is 1. The molecular weight excluding hydrogens is 238 g/mol. The Morgan fingerprint density at radius 1 is 1.50 bits per heavy atom. The number of allylic oxidation sites excluding steroid dienone is 1. The highest BCUT2D eigenvalue weighted by Crippen LogP contribution is 2.25. The lowest BCUT2D eigenvalue weighted by atomic mass is 10.2. The minimum atomic E-state index is 0.994. The molecule has 76 valence electrons. The zero-order valence-corrected chi connectivity index (χ0v) is 10.1. The van der Waals surface area contributed by atoms with Gasteiger partial charge < -0.3 is 5.32 Å². The van der Waals surface area contributed by atoms with Crippen LogP contribution in [0.4, 0.5) is 5.69 Å². The second kappa shape index (κ2) is 5.86. The first kappa shape index (κ1) is 11.3. The van der Waals surface area contributed by atoms with Crippen LogP contribution in [0.2, 0.25) is 0 Å². The molecule has 0 fully saturated rings. The number of hydrogen-bond acceptors (Lipinski definition) is 1. The van der Waals surface area contributed by atoms with E-state index in [2.05, 4.69) is 52.9 Å². The molecule has 1 aromatic rings. The highest BCUT2D eigenvalue weighted by atomic mass is 79.9. The van der Waals surface area contributed by atoms with Gasteiger partial charge in [0, 0.05) is 16.7 Å². The van der Waals surface area contributed by atoms with Gasteiger partial charge in [-0.3, -0.25) is 0 Å². The molecule has 1 nitrogen and oxygen atoms in total. The Morgan fingerprint density at radius 3 is 3.00 bits per heavy atom. The lowest BCUT2D eigenvalue weighted by Crippen LogP contribution is -2.01. The van der Waals surface area contributed by atoms with Gasteiger partial charge in [0.25, 0.3) is 0 Å². The summed E-state index contributed by atoms with van der Waals surface area (Å²) in [4.78, 5) is 0. The summed E-state index contributed by atoms with van der Waals surface area (Å²) in [5.74, 6) is 0. The Morgan fingerprint density at radius 2 is 2.29 bits per heavy atom. The molecule has 0 amide bonds. The van der Waals surface area contributed by atoms with Crippen LogP contribution in [0.1, 0.15) is 18.4 Å². The highest BCUT2D eigenvalue weighted by Gasteiger charge is 2.00. The van der Waals surface area contributed by atoms with Crippen LogP contribution in [0, 0.1) is 6.92 Å². The summed E-state index contributed by atoms with van der Waals surface area (Å²) in [6, 6.07) is 6.25. The summed E-state index contributed by atoms with van der Waals surface area (Å²) in [5, 5.41) is 3.39. The van der Waals surface area contributed by atoms with Crippen molar-refractivity contribution >= 4 is 21.6 Å². The molecule has 0 aromatic heterocycles. The van der Waals surface area contributed by atoms with Gasteiger partial charge in [0.05, 0.1) is 0 Å². The smallest absolute Gasteiger partial charge is 0.0487 e. The number of unbranched alkanes of at least 4 members (excludes halogenated alkanes) is 1. The lowest BCUT2D eigenvalue weighted by molar-refractivity contribution is 0.890. The molecular formula is C12H16BrN. The monoisotopic (exact) mass is 253 g/mol. The molecule has 0 radical (unpaired) electrons. The van der Waals surface area contributed by atoms with E-state index in [1.54, 1.807) is 0 Å². The highest BCUT2D eigenvalue weighted by molar-refractivity contribution is 9.10. The minimum Gasteiger partial charge on any atom is -0.384 e. The predicted octanol–water partition coefficient (Wildman–Crippen LogP) is 4.14. The van der Waals surface area contributed by atoms with Crippen LogP contribution in [0.5, 0.6) is 0 Å². The van der Waals surface area contributed by atoms with Crippen LogP contribution >= 0.6 is 15.9 Å². The van der Waals surface area contributed by atoms with Crippen molar-refractivity contribution in [3.05, 3.63) is 40.9 Å². The van der Waals surface area contributed by atoms with Gasteiger partial charge in [-0.1, -0.05) is 18.2 Å². The molecule has 0 aliphatic heterocycles. The van der Waals surface area contributed by atoms with E-state index in [1.165, 1.54) is 15.7 Å². The Labute approximate surface area is 94.3 Å². The van der Waals surface area contributed by atoms with Gasteiger partial charge in [-0.2, -0.15) is 0 Å². The van der Waals surface area contributed by atoms with E-state index >= 15 is 0 Å². The van der Waals surface area contributed by atoms with Gasteiger partial charge in [0.2, 0.25) is 0 Å². The van der Waals surface area contributed by atoms with Gasteiger partial charge >= 0.3 is 0 Å². The molecule has 0 spiro atoms. The Balaban J connectivity index is 2.50. The fraction of sp³-hybridized carbons (Fsp3) is 0.333. The van der Waals surface area contributed by atoms with Crippen LogP contribution in [-0.4, -0.2) is 6.54 Å². The third-order valence-corrected chi connectivity index (χ3v) is 3.14. The molecule has 0 heterocycles. The van der Waals surface area contributed by atoms with Crippen LogP contribution in [0.25, 0.3) is 0 Å². The number of rotatable bonds is 5. The van der Waals surface area contributed by atoms with Crippen molar-refractivity contribution in [2.75, 3.05) is 11.9 Å². The summed E-state index contributed by atoms with van der Waals surface area (Å²) >= 11 is 3.57. The molecule has 1 rings (SSSR count). The molecule has 0 saturated carbocycles. The largest absolute Gasteiger partial charge is 0.384 e. The maximum absolute atomic E-state index is 3.70. The van der Waals surface area contributed by atoms with Crippen molar-refractivity contribution < 1.29 is 0 Å². The van der Waals surface area contributed by atoms with E-state index < -0.39 is 0 Å². The molecule has 0 saturated heterocycles. The number of anilines is 1. The van der Waals surface area contributed by atoms with E-state index in [1.807, 2.05) is 6.08 Å². The van der Waals surface area contributed by atoms with E-state index in [9.17, 15) is 0 Å². The maximum Gasteiger partial charge on any atom is 0.0487 e. The molecule has 1 N–H and O–H groups in total. The third kappa shape index (κ3) is 3.18. The predicted molar refractivity (Wildman–Crippen MR) is 66.8 cm³/mol. The zero-order valence-electron chi connectivity index (χ0n) is 8.52. The van der Waals surface area contributed by atoms with Crippen molar-refractivity contribution in [2.45, 2.75) is 19.8 Å². The van der Waals surface area contributed by atoms with Gasteiger partial charge in [0.1, 0.15) is 0 Å². The topological polar surface area (TPSA) is 12.0 Å². The summed E-state index contributed by atoms with van der Waals surface area (Å²) in [6.45, 7) is 6.79. The summed E-state index contributed by atoms with van der Waals surface area (Å²) in [5.41, 5.74) is 2.44. The van der Waals surface area contributed by atoms with E-state index in [0.717, 1.165) is 19.4 Å². The fourth-order valence-corrected chi connectivity index (χ4v) is 1.66. The fourth-order valence-electron chi connectivity index (χ4n) is 1.25. The van der Waals surface area contributed by atoms with Crippen LogP contribution < -0.4 is 5.32 Å². The Hall–Kier alpha value is -0.760. The Kier molecular flexibility index (Phi) is 4.74. The lowest BCUT2D eigenvalue weighted by Gasteiger charge is -2.09. The molecule has 14 heavy (non-hydrogen) atoms. The number of halogens is 1. The van der Waals surface area contributed by atoms with Crippen molar-refractivity contribution in [1.82, 2.24) is 0 Å². The zero-order chi connectivity index (χ0) is 10.4. The molecule has 0 atom stereocenters. The number of benzene rings is 1. The van der Waals surface area contributed by atoms with Gasteiger partial charge in [-0.05, 0) is 47.3 Å². The molecule has 0 aliphatic rings. The standard InChI is InChI=1S/C12H16BrN/c1-3-4-5-9-14-11-8-6-7-10(2)12(11)13/h3,6-8,14H,1,4-5,9H2,2H3. The number of nitrogens with one attached hydrogen (secondary N) is 1. The summed E-state index contributed by atoms with van der Waals surface area (Å²) < 4.78 is 1.17. The SMILES string of the molecule is C=CCCCNc1cccc(C)c1Br. The molecule has 0 bridgehead atoms. The maximum atomic E-state index is 3.70. The average molecular weight is 254 g/mol. The first-order valence-corrected chi connectivity index (χ1v) is 5.65. The normalized spacial score (nSPS) is 9.86. The van der Waals surface area contributed by atoms with E-state index in [-0.39, 0.29) is 0 Å². The Bertz CT molecular complexity index is 307. The van der Waals surface area contributed by atoms with Crippen molar-refractivity contribution in [3.63, 3.8) is 0 Å². The third-order valence-electron chi connectivity index (χ3n) is 2.09. The minimum absolute atomic E-state index is 0.994. The van der Waals surface area contributed by atoms with Crippen molar-refractivity contribution in [2.24, 2.45) is 0 Å². The second-order valence-electron chi connectivity index (χ2n) is 3.29. The molecule has 0 unspecified atom stereocenters. The van der Waals surface area contributed by atoms with Crippen molar-refractivity contribution in [3.8, 4) is 0 Å². The van der Waals surface area contributed by atoms with E-state index in [0.29, 0.717) is 0 Å². The van der Waals surface area contributed by atoms with Gasteiger partial charge in [-0.25, -0.2) is 0 Å². The number of hydrogen-bond donors (Lipinski definition) is 1. The van der Waals surface area contributed by atoms with Crippen LogP contribution in [0.15, 0.2) is 35.3 Å². The molecule has 1 aromatic carbocycles. The van der Waals surface area contributed by atoms with Crippen LogP contribution in [-0.2, 0) is 0 Å². The van der Waals surface area contributed by atoms with Crippen molar-refractivity contribution in [1.29, 1.82) is 0 Å². The van der Waals surface area contributed by atoms with Crippen LogP contribution in [0.3, 0.4) is 0 Å². The quantitative estimate of drug-likeness (QED) is 0.615. The first-order chi connectivity index (χ1) is 6.75. The summed E-state index contributed by atoms with van der Waals surface area (Å²) in [7, 11) is 0. The van der Waals surface area contributed by atoms with Gasteiger partial charge in [-0.15, -0.1) is 6.58 Å². The second-order valence-corrected chi connectivity index (χ2v) is 4.09. The summed E-state index contributed by atoms with van der Waals surface area (Å²) in [6.07, 6.45) is 4.15. The van der Waals surface area contributed by atoms with E-state index in [4.69, 9.17) is 0 Å². The molecule has 2 heteroatoms. The molecule has 0 aliphatic carbocycles. The first-order valence-electron chi connectivity index (χ1n) is 4.85. The average Bonchev–Trinajstić information content (AvgIpc) is 2.19.